The van der Waals surface area contributed by atoms with E-state index in [0.29, 0.717) is 11.1 Å². The predicted octanol–water partition coefficient (Wildman–Crippen LogP) is 0.151. The number of carbonyl (C=O) groups is 1. The molecule has 2 rings (SSSR count). The van der Waals surface area contributed by atoms with Crippen molar-refractivity contribution < 1.29 is 10.0 Å². The van der Waals surface area contributed by atoms with Crippen LogP contribution in [0, 0.1) is 0 Å². The number of H-pyrrole nitrogens is 1. The molecule has 8 heteroatoms. The van der Waals surface area contributed by atoms with Gasteiger partial charge in [-0.3, -0.25) is 14.9 Å². The van der Waals surface area contributed by atoms with E-state index >= 15 is 0 Å². The van der Waals surface area contributed by atoms with E-state index < -0.39 is 0 Å². The van der Waals surface area contributed by atoms with Crippen LogP contribution in [0.25, 0.3) is 0 Å². The SMILES string of the molecule is NC(=NO)c1cn[nH]c1NC(=O)c1cccnc1. The number of nitrogens with two attached hydrogens (primary N) is 1. The first-order valence-corrected chi connectivity index (χ1v) is 4.95. The number of nitrogens with zero attached hydrogens (tertiary/aromatic N) is 3. The van der Waals surface area contributed by atoms with Crippen molar-refractivity contribution in [1.29, 1.82) is 0 Å². The van der Waals surface area contributed by atoms with Gasteiger partial charge in [0.05, 0.1) is 17.3 Å². The minimum Gasteiger partial charge on any atom is -0.409 e. The van der Waals surface area contributed by atoms with Gasteiger partial charge in [0.25, 0.3) is 5.91 Å². The van der Waals surface area contributed by atoms with Crippen LogP contribution in [0.2, 0.25) is 0 Å². The molecule has 0 fully saturated rings. The van der Waals surface area contributed by atoms with Crippen molar-refractivity contribution in [2.75, 3.05) is 5.32 Å². The van der Waals surface area contributed by atoms with E-state index in [1.54, 1.807) is 18.3 Å². The summed E-state index contributed by atoms with van der Waals surface area (Å²) in [6.07, 6.45) is 4.33. The van der Waals surface area contributed by atoms with Crippen molar-refractivity contribution in [3.63, 3.8) is 0 Å². The van der Waals surface area contributed by atoms with E-state index in [1.165, 1.54) is 12.4 Å². The lowest BCUT2D eigenvalue weighted by Gasteiger charge is -2.04. The molecule has 0 spiro atoms. The number of hydrogen-bond acceptors (Lipinski definition) is 5. The Bertz CT molecular complexity index is 577. The van der Waals surface area contributed by atoms with Crippen LogP contribution in [-0.2, 0) is 0 Å². The number of pyridine rings is 1. The Morgan fingerprint density at radius 3 is 3.00 bits per heavy atom. The average molecular weight is 246 g/mol. The zero-order valence-electron chi connectivity index (χ0n) is 9.16. The smallest absolute Gasteiger partial charge is 0.258 e. The number of aromatic nitrogens is 3. The molecule has 0 aromatic carbocycles. The number of oxime groups is 1. The number of carbonyl (C=O) groups excluding carboxylic acids is 1. The fourth-order valence-electron chi connectivity index (χ4n) is 1.31. The van der Waals surface area contributed by atoms with Crippen LogP contribution in [0.4, 0.5) is 5.82 Å². The lowest BCUT2D eigenvalue weighted by atomic mass is 10.2. The molecule has 1 amide bonds. The Morgan fingerprint density at radius 2 is 2.33 bits per heavy atom. The van der Waals surface area contributed by atoms with Crippen LogP contribution in [0.15, 0.2) is 35.9 Å². The number of hydrogen-bond donors (Lipinski definition) is 4. The first-order chi connectivity index (χ1) is 8.72. The third-order valence-corrected chi connectivity index (χ3v) is 2.19. The van der Waals surface area contributed by atoms with E-state index in [9.17, 15) is 4.79 Å². The van der Waals surface area contributed by atoms with Gasteiger partial charge in [-0.2, -0.15) is 5.10 Å². The Kier molecular flexibility index (Phi) is 3.19. The summed E-state index contributed by atoms with van der Waals surface area (Å²) >= 11 is 0. The monoisotopic (exact) mass is 246 g/mol. The number of rotatable bonds is 3. The van der Waals surface area contributed by atoms with Gasteiger partial charge in [0.15, 0.2) is 5.84 Å². The number of amidine groups is 1. The quantitative estimate of drug-likeness (QED) is 0.265. The second-order valence-corrected chi connectivity index (χ2v) is 3.34. The second-order valence-electron chi connectivity index (χ2n) is 3.34. The lowest BCUT2D eigenvalue weighted by molar-refractivity contribution is 0.102. The number of aromatic amines is 1. The second kappa shape index (κ2) is 4.95. The molecule has 0 saturated carbocycles. The molecule has 0 aliphatic heterocycles. The average Bonchev–Trinajstić information content (AvgIpc) is 2.87. The highest BCUT2D eigenvalue weighted by Crippen LogP contribution is 2.11. The summed E-state index contributed by atoms with van der Waals surface area (Å²) in [5, 5.41) is 20.2. The summed E-state index contributed by atoms with van der Waals surface area (Å²) in [6, 6.07) is 3.26. The van der Waals surface area contributed by atoms with Gasteiger partial charge < -0.3 is 16.3 Å². The fourth-order valence-corrected chi connectivity index (χ4v) is 1.31. The summed E-state index contributed by atoms with van der Waals surface area (Å²) in [6.45, 7) is 0. The van der Waals surface area contributed by atoms with Gasteiger partial charge in [0.1, 0.15) is 5.82 Å². The summed E-state index contributed by atoms with van der Waals surface area (Å²) in [5.41, 5.74) is 6.12. The molecule has 0 saturated heterocycles. The maximum Gasteiger partial charge on any atom is 0.258 e. The molecule has 0 bridgehead atoms. The van der Waals surface area contributed by atoms with E-state index in [1.807, 2.05) is 0 Å². The first kappa shape index (κ1) is 11.6. The molecule has 0 radical (unpaired) electrons. The molecule has 8 nitrogen and oxygen atoms in total. The highest BCUT2D eigenvalue weighted by atomic mass is 16.4. The maximum atomic E-state index is 11.8. The van der Waals surface area contributed by atoms with Gasteiger partial charge in [-0.1, -0.05) is 5.16 Å². The Labute approximate surface area is 102 Å². The van der Waals surface area contributed by atoms with Crippen LogP contribution in [0.3, 0.4) is 0 Å². The van der Waals surface area contributed by atoms with Gasteiger partial charge in [0, 0.05) is 12.4 Å². The lowest BCUT2D eigenvalue weighted by Crippen LogP contribution is -2.18. The molecule has 2 heterocycles. The van der Waals surface area contributed by atoms with Crippen LogP contribution in [0.1, 0.15) is 15.9 Å². The van der Waals surface area contributed by atoms with Crippen molar-refractivity contribution in [2.45, 2.75) is 0 Å². The topological polar surface area (TPSA) is 129 Å². The number of amides is 1. The van der Waals surface area contributed by atoms with E-state index in [0.717, 1.165) is 0 Å². The van der Waals surface area contributed by atoms with Crippen LogP contribution < -0.4 is 11.1 Å². The van der Waals surface area contributed by atoms with Crippen LogP contribution in [-0.4, -0.2) is 32.1 Å². The number of nitrogens with one attached hydrogen (secondary N) is 2. The Balaban J connectivity index is 2.21. The van der Waals surface area contributed by atoms with Gasteiger partial charge in [0.2, 0.25) is 0 Å². The predicted molar refractivity (Wildman–Crippen MR) is 63.3 cm³/mol. The minimum atomic E-state index is -0.376. The summed E-state index contributed by atoms with van der Waals surface area (Å²) in [5.74, 6) is -0.274. The van der Waals surface area contributed by atoms with Crippen molar-refractivity contribution >= 4 is 17.6 Å². The van der Waals surface area contributed by atoms with Crippen LogP contribution in [0.5, 0.6) is 0 Å². The molecule has 2 aromatic heterocycles. The Hall–Kier alpha value is -2.90. The first-order valence-electron chi connectivity index (χ1n) is 4.95. The highest BCUT2D eigenvalue weighted by molar-refractivity contribution is 6.08. The van der Waals surface area contributed by atoms with Crippen molar-refractivity contribution in [2.24, 2.45) is 10.9 Å². The molecule has 18 heavy (non-hydrogen) atoms. The van der Waals surface area contributed by atoms with E-state index in [2.05, 4.69) is 25.7 Å². The van der Waals surface area contributed by atoms with Gasteiger partial charge >= 0.3 is 0 Å². The molecule has 0 atom stereocenters. The molecule has 0 aliphatic carbocycles. The number of anilines is 1. The zero-order chi connectivity index (χ0) is 13.0. The highest BCUT2D eigenvalue weighted by Gasteiger charge is 2.13. The standard InChI is InChI=1S/C10H10N6O2/c11-8(16-18)7-5-13-15-9(7)14-10(17)6-2-1-3-12-4-6/h1-5,18H,(H2,11,16)(H2,13,14,15,17). The van der Waals surface area contributed by atoms with Crippen molar-refractivity contribution in [1.82, 2.24) is 15.2 Å². The third kappa shape index (κ3) is 2.26. The van der Waals surface area contributed by atoms with Gasteiger partial charge in [-0.25, -0.2) is 0 Å². The Morgan fingerprint density at radius 1 is 1.50 bits per heavy atom. The van der Waals surface area contributed by atoms with E-state index in [4.69, 9.17) is 10.9 Å². The molecule has 92 valence electrons. The van der Waals surface area contributed by atoms with Gasteiger partial charge in [-0.15, -0.1) is 0 Å². The summed E-state index contributed by atoms with van der Waals surface area (Å²) in [4.78, 5) is 15.7. The summed E-state index contributed by atoms with van der Waals surface area (Å²) in [7, 11) is 0. The largest absolute Gasteiger partial charge is 0.409 e. The molecule has 5 N–H and O–H groups in total. The zero-order valence-corrected chi connectivity index (χ0v) is 9.16. The van der Waals surface area contributed by atoms with Crippen LogP contribution >= 0.6 is 0 Å². The molecular weight excluding hydrogens is 236 g/mol. The van der Waals surface area contributed by atoms with Crippen molar-refractivity contribution in [3.8, 4) is 0 Å². The molecule has 0 aliphatic rings. The van der Waals surface area contributed by atoms with Gasteiger partial charge in [-0.05, 0) is 12.1 Å². The molecular formula is C10H10N6O2. The molecule has 2 aromatic rings. The minimum absolute atomic E-state index is 0.148. The third-order valence-electron chi connectivity index (χ3n) is 2.19. The van der Waals surface area contributed by atoms with Crippen molar-refractivity contribution in [3.05, 3.63) is 41.9 Å². The fraction of sp³-hybridized carbons (Fsp3) is 0. The maximum absolute atomic E-state index is 11.8. The normalized spacial score (nSPS) is 11.2. The summed E-state index contributed by atoms with van der Waals surface area (Å²) < 4.78 is 0. The molecule has 0 unspecified atom stereocenters. The van der Waals surface area contributed by atoms with E-state index in [-0.39, 0.29) is 17.6 Å².